The Morgan fingerprint density at radius 1 is 1.53 bits per heavy atom. The number of hydrogen-bond donors (Lipinski definition) is 1. The monoisotopic (exact) mass is 221 g/mol. The standard InChI is InChI=1S/C12H12ClNO/c1-10(15)14-7-3-6-11-4-2-5-12(8-11)9-13/h2,4-5,8H,7,9H2,1H3,(H,14,15). The van der Waals surface area contributed by atoms with Crippen molar-refractivity contribution < 1.29 is 4.79 Å². The largest absolute Gasteiger partial charge is 0.345 e. The molecule has 1 rings (SSSR count). The fourth-order valence-electron chi connectivity index (χ4n) is 1.05. The Hall–Kier alpha value is -1.46. The van der Waals surface area contributed by atoms with Gasteiger partial charge in [-0.15, -0.1) is 11.6 Å². The summed E-state index contributed by atoms with van der Waals surface area (Å²) in [6.45, 7) is 1.84. The van der Waals surface area contributed by atoms with Gasteiger partial charge in [-0.1, -0.05) is 24.0 Å². The molecule has 0 aromatic heterocycles. The zero-order valence-corrected chi connectivity index (χ0v) is 9.27. The van der Waals surface area contributed by atoms with Crippen LogP contribution in [0.3, 0.4) is 0 Å². The van der Waals surface area contributed by atoms with Crippen LogP contribution < -0.4 is 5.32 Å². The zero-order chi connectivity index (χ0) is 11.1. The van der Waals surface area contributed by atoms with Crippen LogP contribution in [0, 0.1) is 11.8 Å². The number of benzene rings is 1. The molecular formula is C12H12ClNO. The number of alkyl halides is 1. The van der Waals surface area contributed by atoms with Crippen LogP contribution in [0.4, 0.5) is 0 Å². The fourth-order valence-corrected chi connectivity index (χ4v) is 1.21. The van der Waals surface area contributed by atoms with Gasteiger partial charge >= 0.3 is 0 Å². The van der Waals surface area contributed by atoms with Crippen LogP contribution >= 0.6 is 11.6 Å². The van der Waals surface area contributed by atoms with Crippen molar-refractivity contribution in [3.63, 3.8) is 0 Å². The number of carbonyl (C=O) groups is 1. The van der Waals surface area contributed by atoms with Gasteiger partial charge in [-0.25, -0.2) is 0 Å². The molecule has 2 nitrogen and oxygen atoms in total. The summed E-state index contributed by atoms with van der Waals surface area (Å²) in [5, 5.41) is 2.61. The van der Waals surface area contributed by atoms with E-state index in [0.717, 1.165) is 11.1 Å². The van der Waals surface area contributed by atoms with Gasteiger partial charge in [0.05, 0.1) is 6.54 Å². The maximum absolute atomic E-state index is 10.6. The SMILES string of the molecule is CC(=O)NCC#Cc1cccc(CCl)c1. The summed E-state index contributed by atoms with van der Waals surface area (Å²) in [6.07, 6.45) is 0. The molecular weight excluding hydrogens is 210 g/mol. The van der Waals surface area contributed by atoms with Crippen molar-refractivity contribution in [2.75, 3.05) is 6.54 Å². The first-order valence-corrected chi connectivity index (χ1v) is 5.14. The minimum Gasteiger partial charge on any atom is -0.345 e. The molecule has 0 radical (unpaired) electrons. The van der Waals surface area contributed by atoms with Crippen molar-refractivity contribution in [3.05, 3.63) is 35.4 Å². The Morgan fingerprint density at radius 3 is 3.00 bits per heavy atom. The van der Waals surface area contributed by atoms with Gasteiger partial charge in [0.1, 0.15) is 0 Å². The predicted molar refractivity (Wildman–Crippen MR) is 61.6 cm³/mol. The van der Waals surface area contributed by atoms with Crippen molar-refractivity contribution in [1.29, 1.82) is 0 Å². The number of carbonyl (C=O) groups excluding carboxylic acids is 1. The Balaban J connectivity index is 2.59. The molecule has 1 aromatic rings. The Morgan fingerprint density at radius 2 is 2.33 bits per heavy atom. The minimum absolute atomic E-state index is 0.0705. The van der Waals surface area contributed by atoms with E-state index in [1.807, 2.05) is 24.3 Å². The molecule has 1 aromatic carbocycles. The van der Waals surface area contributed by atoms with Crippen LogP contribution in [0.25, 0.3) is 0 Å². The molecule has 0 aliphatic carbocycles. The van der Waals surface area contributed by atoms with Crippen molar-refractivity contribution in [2.45, 2.75) is 12.8 Å². The molecule has 0 aliphatic rings. The number of rotatable bonds is 2. The second-order valence-electron chi connectivity index (χ2n) is 3.05. The molecule has 1 amide bonds. The van der Waals surface area contributed by atoms with E-state index >= 15 is 0 Å². The maximum Gasteiger partial charge on any atom is 0.217 e. The summed E-state index contributed by atoms with van der Waals surface area (Å²) in [5.41, 5.74) is 1.96. The van der Waals surface area contributed by atoms with E-state index in [1.54, 1.807) is 0 Å². The molecule has 0 saturated carbocycles. The molecule has 0 unspecified atom stereocenters. The van der Waals surface area contributed by atoms with Gasteiger partial charge in [0.25, 0.3) is 0 Å². The number of nitrogens with one attached hydrogen (secondary N) is 1. The second kappa shape index (κ2) is 6.10. The van der Waals surface area contributed by atoms with Gasteiger partial charge in [-0.05, 0) is 17.7 Å². The average Bonchev–Trinajstić information content (AvgIpc) is 2.24. The molecule has 0 heterocycles. The molecule has 0 spiro atoms. The first-order chi connectivity index (χ1) is 7.22. The zero-order valence-electron chi connectivity index (χ0n) is 8.51. The lowest BCUT2D eigenvalue weighted by atomic mass is 10.1. The maximum atomic E-state index is 10.6. The lowest BCUT2D eigenvalue weighted by Gasteiger charge is -1.95. The summed E-state index contributed by atoms with van der Waals surface area (Å²) >= 11 is 5.70. The molecule has 3 heteroatoms. The van der Waals surface area contributed by atoms with Crippen molar-refractivity contribution in [2.24, 2.45) is 0 Å². The van der Waals surface area contributed by atoms with E-state index in [1.165, 1.54) is 6.92 Å². The molecule has 78 valence electrons. The van der Waals surface area contributed by atoms with Crippen LogP contribution in [0.2, 0.25) is 0 Å². The summed E-state index contributed by atoms with van der Waals surface area (Å²) < 4.78 is 0. The molecule has 1 N–H and O–H groups in total. The normalized spacial score (nSPS) is 8.93. The third-order valence-electron chi connectivity index (χ3n) is 1.74. The van der Waals surface area contributed by atoms with Crippen molar-refractivity contribution in [1.82, 2.24) is 5.32 Å². The molecule has 0 saturated heterocycles. The first-order valence-electron chi connectivity index (χ1n) is 4.60. The van der Waals surface area contributed by atoms with Crippen LogP contribution in [0.1, 0.15) is 18.1 Å². The third kappa shape index (κ3) is 4.53. The second-order valence-corrected chi connectivity index (χ2v) is 3.31. The molecule has 15 heavy (non-hydrogen) atoms. The van der Waals surface area contributed by atoms with Crippen LogP contribution in [0.5, 0.6) is 0 Å². The minimum atomic E-state index is -0.0705. The highest BCUT2D eigenvalue weighted by Gasteiger charge is 1.90. The third-order valence-corrected chi connectivity index (χ3v) is 2.05. The average molecular weight is 222 g/mol. The number of hydrogen-bond acceptors (Lipinski definition) is 1. The summed E-state index contributed by atoms with van der Waals surface area (Å²) in [5.74, 6) is 6.23. The highest BCUT2D eigenvalue weighted by Crippen LogP contribution is 2.06. The highest BCUT2D eigenvalue weighted by atomic mass is 35.5. The lowest BCUT2D eigenvalue weighted by molar-refractivity contribution is -0.118. The van der Waals surface area contributed by atoms with Crippen molar-refractivity contribution in [3.8, 4) is 11.8 Å². The molecule has 0 aliphatic heterocycles. The Labute approximate surface area is 94.6 Å². The lowest BCUT2D eigenvalue weighted by Crippen LogP contribution is -2.19. The Bertz CT molecular complexity index is 404. The summed E-state index contributed by atoms with van der Waals surface area (Å²) in [6, 6.07) is 7.72. The molecule has 0 fully saturated rings. The summed E-state index contributed by atoms with van der Waals surface area (Å²) in [4.78, 5) is 10.6. The van der Waals surface area contributed by atoms with E-state index < -0.39 is 0 Å². The Kier molecular flexibility index (Phi) is 4.73. The van der Waals surface area contributed by atoms with Crippen LogP contribution in [-0.2, 0) is 10.7 Å². The summed E-state index contributed by atoms with van der Waals surface area (Å²) in [7, 11) is 0. The van der Waals surface area contributed by atoms with E-state index in [0.29, 0.717) is 12.4 Å². The molecule has 0 atom stereocenters. The van der Waals surface area contributed by atoms with E-state index in [2.05, 4.69) is 17.2 Å². The van der Waals surface area contributed by atoms with E-state index in [4.69, 9.17) is 11.6 Å². The number of amides is 1. The van der Waals surface area contributed by atoms with Gasteiger partial charge in [0.2, 0.25) is 5.91 Å². The van der Waals surface area contributed by atoms with Gasteiger partial charge in [0.15, 0.2) is 0 Å². The smallest absolute Gasteiger partial charge is 0.217 e. The van der Waals surface area contributed by atoms with Gasteiger partial charge in [-0.3, -0.25) is 4.79 Å². The first kappa shape index (κ1) is 11.6. The quantitative estimate of drug-likeness (QED) is 0.600. The van der Waals surface area contributed by atoms with E-state index in [-0.39, 0.29) is 5.91 Å². The fraction of sp³-hybridized carbons (Fsp3) is 0.250. The van der Waals surface area contributed by atoms with Crippen LogP contribution in [0.15, 0.2) is 24.3 Å². The van der Waals surface area contributed by atoms with Gasteiger partial charge in [-0.2, -0.15) is 0 Å². The van der Waals surface area contributed by atoms with Crippen molar-refractivity contribution >= 4 is 17.5 Å². The highest BCUT2D eigenvalue weighted by molar-refractivity contribution is 6.17. The predicted octanol–water partition coefficient (Wildman–Crippen LogP) is 1.91. The van der Waals surface area contributed by atoms with Gasteiger partial charge in [0, 0.05) is 18.4 Å². The van der Waals surface area contributed by atoms with E-state index in [9.17, 15) is 4.79 Å². The van der Waals surface area contributed by atoms with Gasteiger partial charge < -0.3 is 5.32 Å². The topological polar surface area (TPSA) is 29.1 Å². The molecule has 0 bridgehead atoms. The van der Waals surface area contributed by atoms with Crippen LogP contribution in [-0.4, -0.2) is 12.5 Å². The number of halogens is 1.